The molecule has 4 rings (SSSR count). The first-order valence-corrected chi connectivity index (χ1v) is 9.47. The van der Waals surface area contributed by atoms with Gasteiger partial charge in [0.15, 0.2) is 11.5 Å². The van der Waals surface area contributed by atoms with Crippen LogP contribution in [0.3, 0.4) is 0 Å². The van der Waals surface area contributed by atoms with E-state index in [-0.39, 0.29) is 6.79 Å². The largest absolute Gasteiger partial charge is 0.454 e. The summed E-state index contributed by atoms with van der Waals surface area (Å²) in [7, 11) is 0. The molecule has 7 heteroatoms. The molecule has 2 aromatic carbocycles. The fraction of sp³-hybridized carbons (Fsp3) is 0.429. The molecule has 1 saturated heterocycles. The van der Waals surface area contributed by atoms with Crippen molar-refractivity contribution in [3.63, 3.8) is 0 Å². The van der Waals surface area contributed by atoms with Crippen molar-refractivity contribution in [1.29, 1.82) is 0 Å². The summed E-state index contributed by atoms with van der Waals surface area (Å²) in [6.45, 7) is 5.27. The highest BCUT2D eigenvalue weighted by Gasteiger charge is 2.32. The van der Waals surface area contributed by atoms with Gasteiger partial charge in [0.25, 0.3) is 0 Å². The molecular formula is C21H23F3N2O2. The Morgan fingerprint density at radius 1 is 0.857 bits per heavy atom. The van der Waals surface area contributed by atoms with E-state index in [1.54, 1.807) is 12.1 Å². The number of halogens is 3. The van der Waals surface area contributed by atoms with Crippen LogP contribution < -0.4 is 9.47 Å². The maximum absolute atomic E-state index is 13.1. The molecule has 0 amide bonds. The van der Waals surface area contributed by atoms with Gasteiger partial charge < -0.3 is 14.4 Å². The van der Waals surface area contributed by atoms with Crippen LogP contribution in [0.25, 0.3) is 0 Å². The molecule has 0 unspecified atom stereocenters. The molecule has 28 heavy (non-hydrogen) atoms. The SMILES string of the molecule is FC(F)(F)c1ccccc1CCN1CCN(Cc2ccc3c(c2)OCO3)CC1. The topological polar surface area (TPSA) is 24.9 Å². The first kappa shape index (κ1) is 19.1. The summed E-state index contributed by atoms with van der Waals surface area (Å²) in [5.41, 5.74) is 1.03. The molecule has 0 bridgehead atoms. The Morgan fingerprint density at radius 2 is 1.57 bits per heavy atom. The molecule has 150 valence electrons. The molecule has 2 aromatic rings. The summed E-state index contributed by atoms with van der Waals surface area (Å²) in [4.78, 5) is 4.60. The number of benzene rings is 2. The number of hydrogen-bond acceptors (Lipinski definition) is 4. The van der Waals surface area contributed by atoms with Gasteiger partial charge in [-0.1, -0.05) is 24.3 Å². The van der Waals surface area contributed by atoms with E-state index >= 15 is 0 Å². The van der Waals surface area contributed by atoms with Crippen molar-refractivity contribution in [2.45, 2.75) is 19.1 Å². The third-order valence-corrected chi connectivity index (χ3v) is 5.33. The van der Waals surface area contributed by atoms with Gasteiger partial charge in [-0.25, -0.2) is 0 Å². The molecule has 0 atom stereocenters. The fourth-order valence-corrected chi connectivity index (χ4v) is 3.76. The minimum absolute atomic E-state index is 0.273. The molecule has 2 aliphatic rings. The Labute approximate surface area is 162 Å². The molecule has 0 saturated carbocycles. The van der Waals surface area contributed by atoms with E-state index < -0.39 is 11.7 Å². The second-order valence-electron chi connectivity index (χ2n) is 7.21. The number of hydrogen-bond donors (Lipinski definition) is 0. The zero-order valence-electron chi connectivity index (χ0n) is 15.5. The highest BCUT2D eigenvalue weighted by Crippen LogP contribution is 2.33. The monoisotopic (exact) mass is 392 g/mol. The number of rotatable bonds is 5. The molecule has 2 heterocycles. The zero-order chi connectivity index (χ0) is 19.6. The Kier molecular flexibility index (Phi) is 5.46. The lowest BCUT2D eigenvalue weighted by atomic mass is 10.0. The van der Waals surface area contributed by atoms with Gasteiger partial charge in [-0.15, -0.1) is 0 Å². The van der Waals surface area contributed by atoms with Crippen LogP contribution in [0.15, 0.2) is 42.5 Å². The van der Waals surface area contributed by atoms with E-state index in [2.05, 4.69) is 9.80 Å². The van der Waals surface area contributed by atoms with Gasteiger partial charge in [0.2, 0.25) is 6.79 Å². The normalized spacial score (nSPS) is 17.8. The molecule has 4 nitrogen and oxygen atoms in total. The quantitative estimate of drug-likeness (QED) is 0.773. The van der Waals surface area contributed by atoms with Gasteiger partial charge in [0, 0.05) is 39.3 Å². The second-order valence-corrected chi connectivity index (χ2v) is 7.21. The Bertz CT molecular complexity index is 818. The Morgan fingerprint density at radius 3 is 2.36 bits per heavy atom. The van der Waals surface area contributed by atoms with Crippen LogP contribution in [0.1, 0.15) is 16.7 Å². The van der Waals surface area contributed by atoms with E-state index in [4.69, 9.17) is 9.47 Å². The molecule has 0 N–H and O–H groups in total. The van der Waals surface area contributed by atoms with Crippen LogP contribution in [0, 0.1) is 0 Å². The summed E-state index contributed by atoms with van der Waals surface area (Å²) in [5, 5.41) is 0. The predicted octanol–water partition coefficient (Wildman–Crippen LogP) is 3.79. The maximum Gasteiger partial charge on any atom is 0.416 e. The number of fused-ring (bicyclic) bond motifs is 1. The van der Waals surface area contributed by atoms with E-state index in [0.717, 1.165) is 44.2 Å². The smallest absolute Gasteiger partial charge is 0.416 e. The maximum atomic E-state index is 13.1. The lowest BCUT2D eigenvalue weighted by molar-refractivity contribution is -0.138. The summed E-state index contributed by atoms with van der Waals surface area (Å²) < 4.78 is 50.1. The number of alkyl halides is 3. The highest BCUT2D eigenvalue weighted by atomic mass is 19.4. The average Bonchev–Trinajstić information content (AvgIpc) is 3.15. The van der Waals surface area contributed by atoms with Crippen molar-refractivity contribution < 1.29 is 22.6 Å². The zero-order valence-corrected chi connectivity index (χ0v) is 15.5. The van der Waals surface area contributed by atoms with Gasteiger partial charge >= 0.3 is 6.18 Å². The standard InChI is InChI=1S/C21H23F3N2O2/c22-21(23,24)18-4-2-1-3-17(18)7-8-25-9-11-26(12-10-25)14-16-5-6-19-20(13-16)28-15-27-19/h1-6,13H,7-12,14-15H2. The van der Waals surface area contributed by atoms with Crippen molar-refractivity contribution in [3.05, 3.63) is 59.2 Å². The molecule has 0 spiro atoms. The van der Waals surface area contributed by atoms with Crippen LogP contribution in [-0.2, 0) is 19.1 Å². The summed E-state index contributed by atoms with van der Waals surface area (Å²) in [5.74, 6) is 1.58. The molecule has 0 aromatic heterocycles. The first-order chi connectivity index (χ1) is 13.5. The molecule has 0 aliphatic carbocycles. The van der Waals surface area contributed by atoms with E-state index in [1.807, 2.05) is 18.2 Å². The number of nitrogens with zero attached hydrogens (tertiary/aromatic N) is 2. The average molecular weight is 392 g/mol. The predicted molar refractivity (Wildman–Crippen MR) is 99.4 cm³/mol. The Balaban J connectivity index is 1.27. The second kappa shape index (κ2) is 8.01. The molecule has 0 radical (unpaired) electrons. The lowest BCUT2D eigenvalue weighted by Crippen LogP contribution is -2.46. The van der Waals surface area contributed by atoms with Crippen LogP contribution >= 0.6 is 0 Å². The van der Waals surface area contributed by atoms with Gasteiger partial charge in [-0.05, 0) is 35.7 Å². The van der Waals surface area contributed by atoms with E-state index in [1.165, 1.54) is 17.7 Å². The minimum Gasteiger partial charge on any atom is -0.454 e. The fourth-order valence-electron chi connectivity index (χ4n) is 3.76. The van der Waals surface area contributed by atoms with Crippen molar-refractivity contribution in [2.75, 3.05) is 39.5 Å². The number of ether oxygens (including phenoxy) is 2. The Hall–Kier alpha value is -2.25. The highest BCUT2D eigenvalue weighted by molar-refractivity contribution is 5.44. The minimum atomic E-state index is -4.29. The number of piperazine rings is 1. The van der Waals surface area contributed by atoms with Gasteiger partial charge in [0.1, 0.15) is 0 Å². The van der Waals surface area contributed by atoms with Crippen LogP contribution in [0.5, 0.6) is 11.5 Å². The summed E-state index contributed by atoms with van der Waals surface area (Å²) >= 11 is 0. The molecule has 2 aliphatic heterocycles. The van der Waals surface area contributed by atoms with E-state index in [9.17, 15) is 13.2 Å². The molecule has 1 fully saturated rings. The van der Waals surface area contributed by atoms with Gasteiger partial charge in [0.05, 0.1) is 5.56 Å². The van der Waals surface area contributed by atoms with Crippen molar-refractivity contribution in [3.8, 4) is 11.5 Å². The van der Waals surface area contributed by atoms with Gasteiger partial charge in [-0.3, -0.25) is 4.90 Å². The third kappa shape index (κ3) is 4.42. The van der Waals surface area contributed by atoms with Crippen LogP contribution in [0.2, 0.25) is 0 Å². The van der Waals surface area contributed by atoms with Crippen molar-refractivity contribution >= 4 is 0 Å². The van der Waals surface area contributed by atoms with E-state index in [0.29, 0.717) is 18.5 Å². The summed E-state index contributed by atoms with van der Waals surface area (Å²) in [6.07, 6.45) is -3.88. The third-order valence-electron chi connectivity index (χ3n) is 5.33. The summed E-state index contributed by atoms with van der Waals surface area (Å²) in [6, 6.07) is 11.9. The molecular weight excluding hydrogens is 369 g/mol. The van der Waals surface area contributed by atoms with Crippen molar-refractivity contribution in [2.24, 2.45) is 0 Å². The van der Waals surface area contributed by atoms with Gasteiger partial charge in [-0.2, -0.15) is 13.2 Å². The van der Waals surface area contributed by atoms with Crippen molar-refractivity contribution in [1.82, 2.24) is 9.80 Å². The first-order valence-electron chi connectivity index (χ1n) is 9.47. The van der Waals surface area contributed by atoms with Crippen LogP contribution in [-0.4, -0.2) is 49.3 Å². The van der Waals surface area contributed by atoms with Crippen LogP contribution in [0.4, 0.5) is 13.2 Å². The lowest BCUT2D eigenvalue weighted by Gasteiger charge is -2.34.